The second-order valence-electron chi connectivity index (χ2n) is 6.08. The van der Waals surface area contributed by atoms with Crippen LogP contribution in [-0.4, -0.2) is 19.0 Å². The van der Waals surface area contributed by atoms with E-state index in [1.54, 1.807) is 0 Å². The van der Waals surface area contributed by atoms with Gasteiger partial charge >= 0.3 is 0 Å². The Morgan fingerprint density at radius 2 is 1.71 bits per heavy atom. The fourth-order valence-corrected chi connectivity index (χ4v) is 3.52. The summed E-state index contributed by atoms with van der Waals surface area (Å²) in [6, 6.07) is 7.86. The predicted molar refractivity (Wildman–Crippen MR) is 81.2 cm³/mol. The molecule has 0 amide bonds. The lowest BCUT2D eigenvalue weighted by Crippen LogP contribution is -2.26. The molecule has 1 saturated heterocycles. The van der Waals surface area contributed by atoms with Gasteiger partial charge in [-0.05, 0) is 12.8 Å². The number of rotatable bonds is 4. The van der Waals surface area contributed by atoms with Crippen molar-refractivity contribution in [2.24, 2.45) is 5.92 Å². The quantitative estimate of drug-likeness (QED) is 0.784. The Morgan fingerprint density at radius 3 is 2.29 bits per heavy atom. The summed E-state index contributed by atoms with van der Waals surface area (Å²) in [6.45, 7) is 3.33. The maximum Gasteiger partial charge on any atom is 0.194 e. The van der Waals surface area contributed by atoms with E-state index in [1.165, 1.54) is 19.3 Å². The lowest BCUT2D eigenvalue weighted by Gasteiger charge is -2.26. The molecule has 3 nitrogen and oxygen atoms in total. The Morgan fingerprint density at radius 1 is 1.10 bits per heavy atom. The number of benzene rings is 1. The van der Waals surface area contributed by atoms with E-state index in [0.29, 0.717) is 19.0 Å². The van der Waals surface area contributed by atoms with Crippen molar-refractivity contribution in [2.45, 2.75) is 51.2 Å². The van der Waals surface area contributed by atoms with E-state index in [-0.39, 0.29) is 5.92 Å². The van der Waals surface area contributed by atoms with Crippen LogP contribution >= 0.6 is 0 Å². The van der Waals surface area contributed by atoms with Crippen LogP contribution in [0.15, 0.2) is 24.3 Å². The van der Waals surface area contributed by atoms with Crippen molar-refractivity contribution in [3.63, 3.8) is 0 Å². The second-order valence-corrected chi connectivity index (χ2v) is 6.08. The maximum absolute atomic E-state index is 12.5. The number of hydrogen-bond acceptors (Lipinski definition) is 3. The third kappa shape index (κ3) is 2.90. The minimum atomic E-state index is -0.605. The smallest absolute Gasteiger partial charge is 0.194 e. The van der Waals surface area contributed by atoms with Crippen molar-refractivity contribution in [3.8, 4) is 0 Å². The molecule has 0 radical (unpaired) electrons. The van der Waals surface area contributed by atoms with Crippen LogP contribution in [0.2, 0.25) is 0 Å². The number of carbonyl (C=O) groups excluding carboxylic acids is 1. The summed E-state index contributed by atoms with van der Waals surface area (Å²) in [6.07, 6.45) is 6.53. The minimum Gasteiger partial charge on any atom is -0.343 e. The van der Waals surface area contributed by atoms with Gasteiger partial charge in [-0.3, -0.25) is 4.79 Å². The molecule has 1 aliphatic carbocycles. The molecule has 0 unspecified atom stereocenters. The molecule has 114 valence electrons. The van der Waals surface area contributed by atoms with Gasteiger partial charge in [0.05, 0.1) is 13.2 Å². The van der Waals surface area contributed by atoms with Gasteiger partial charge in [0.25, 0.3) is 0 Å². The van der Waals surface area contributed by atoms with Crippen LogP contribution in [0, 0.1) is 5.92 Å². The molecule has 1 saturated carbocycles. The summed E-state index contributed by atoms with van der Waals surface area (Å²) >= 11 is 0. The highest BCUT2D eigenvalue weighted by molar-refractivity contribution is 5.97. The van der Waals surface area contributed by atoms with Crippen LogP contribution in [-0.2, 0) is 15.3 Å². The average molecular weight is 288 g/mol. The summed E-state index contributed by atoms with van der Waals surface area (Å²) < 4.78 is 11.6. The summed E-state index contributed by atoms with van der Waals surface area (Å²) in [5.74, 6) is -0.0735. The molecule has 0 aromatic heterocycles. The second kappa shape index (κ2) is 6.29. The number of Topliss-reactive ketones (excluding diaryl/α,β-unsaturated/α-hetero) is 1. The molecule has 2 aliphatic rings. The highest BCUT2D eigenvalue weighted by atomic mass is 16.7. The molecule has 0 bridgehead atoms. The molecule has 0 spiro atoms. The molecule has 0 atom stereocenters. The van der Waals surface area contributed by atoms with E-state index < -0.39 is 5.79 Å². The van der Waals surface area contributed by atoms with Crippen molar-refractivity contribution >= 4 is 5.78 Å². The standard InChI is InChI=1S/C18H24O3/c1-2-18(20-12-13-21-18)16-10-8-15(9-11-16)17(19)14-6-4-3-5-7-14/h8-11,14H,2-7,12-13H2,1H3. The third-order valence-electron chi connectivity index (χ3n) is 4.80. The molecule has 1 aromatic rings. The average Bonchev–Trinajstić information content (AvgIpc) is 3.05. The van der Waals surface area contributed by atoms with Gasteiger partial charge in [0.1, 0.15) is 0 Å². The van der Waals surface area contributed by atoms with Crippen LogP contribution in [0.5, 0.6) is 0 Å². The van der Waals surface area contributed by atoms with E-state index in [0.717, 1.165) is 30.4 Å². The topological polar surface area (TPSA) is 35.5 Å². The monoisotopic (exact) mass is 288 g/mol. The Bertz CT molecular complexity index is 480. The van der Waals surface area contributed by atoms with Gasteiger partial charge in [-0.15, -0.1) is 0 Å². The Balaban J connectivity index is 1.75. The molecule has 0 N–H and O–H groups in total. The molecule has 1 heterocycles. The third-order valence-corrected chi connectivity index (χ3v) is 4.80. The Labute approximate surface area is 126 Å². The summed E-state index contributed by atoms with van der Waals surface area (Å²) in [5.41, 5.74) is 1.84. The lowest BCUT2D eigenvalue weighted by atomic mass is 9.83. The van der Waals surface area contributed by atoms with Crippen molar-refractivity contribution in [1.29, 1.82) is 0 Å². The first-order chi connectivity index (χ1) is 10.2. The highest BCUT2D eigenvalue weighted by Crippen LogP contribution is 2.35. The fourth-order valence-electron chi connectivity index (χ4n) is 3.52. The first-order valence-electron chi connectivity index (χ1n) is 8.18. The normalized spacial score (nSPS) is 22.3. The molecule has 3 rings (SSSR count). The van der Waals surface area contributed by atoms with E-state index in [1.807, 2.05) is 24.3 Å². The fraction of sp³-hybridized carbons (Fsp3) is 0.611. The number of carbonyl (C=O) groups is 1. The van der Waals surface area contributed by atoms with Crippen molar-refractivity contribution in [1.82, 2.24) is 0 Å². The van der Waals surface area contributed by atoms with Crippen LogP contribution < -0.4 is 0 Å². The summed E-state index contributed by atoms with van der Waals surface area (Å²) in [7, 11) is 0. The van der Waals surface area contributed by atoms with Crippen molar-refractivity contribution in [2.75, 3.05) is 13.2 Å². The first-order valence-corrected chi connectivity index (χ1v) is 8.18. The molecular formula is C18H24O3. The largest absolute Gasteiger partial charge is 0.343 e. The van der Waals surface area contributed by atoms with Gasteiger partial charge in [0, 0.05) is 23.5 Å². The van der Waals surface area contributed by atoms with Gasteiger partial charge in [0.2, 0.25) is 0 Å². The van der Waals surface area contributed by atoms with Gasteiger partial charge in [0.15, 0.2) is 11.6 Å². The zero-order valence-corrected chi connectivity index (χ0v) is 12.8. The molecular weight excluding hydrogens is 264 g/mol. The molecule has 1 aromatic carbocycles. The van der Waals surface area contributed by atoms with Crippen LogP contribution in [0.4, 0.5) is 0 Å². The van der Waals surface area contributed by atoms with Crippen molar-refractivity contribution in [3.05, 3.63) is 35.4 Å². The van der Waals surface area contributed by atoms with E-state index >= 15 is 0 Å². The van der Waals surface area contributed by atoms with Gasteiger partial charge < -0.3 is 9.47 Å². The number of ether oxygens (including phenoxy) is 2. The van der Waals surface area contributed by atoms with Gasteiger partial charge in [-0.1, -0.05) is 50.5 Å². The van der Waals surface area contributed by atoms with Gasteiger partial charge in [-0.25, -0.2) is 0 Å². The van der Waals surface area contributed by atoms with E-state index in [9.17, 15) is 4.79 Å². The van der Waals surface area contributed by atoms with Crippen LogP contribution in [0.1, 0.15) is 61.4 Å². The number of hydrogen-bond donors (Lipinski definition) is 0. The summed E-state index contributed by atoms with van der Waals surface area (Å²) in [4.78, 5) is 12.5. The van der Waals surface area contributed by atoms with Gasteiger partial charge in [-0.2, -0.15) is 0 Å². The molecule has 21 heavy (non-hydrogen) atoms. The summed E-state index contributed by atoms with van der Waals surface area (Å²) in [5, 5.41) is 0. The van der Waals surface area contributed by atoms with E-state index in [2.05, 4.69) is 6.92 Å². The molecule has 2 fully saturated rings. The zero-order chi connectivity index (χ0) is 14.7. The zero-order valence-electron chi connectivity index (χ0n) is 12.8. The van der Waals surface area contributed by atoms with Crippen molar-refractivity contribution < 1.29 is 14.3 Å². The number of ketones is 1. The van der Waals surface area contributed by atoms with Crippen LogP contribution in [0.25, 0.3) is 0 Å². The molecule has 3 heteroatoms. The van der Waals surface area contributed by atoms with E-state index in [4.69, 9.17) is 9.47 Å². The predicted octanol–water partition coefficient (Wildman–Crippen LogP) is 4.06. The first kappa shape index (κ1) is 14.7. The lowest BCUT2D eigenvalue weighted by molar-refractivity contribution is -0.167. The Hall–Kier alpha value is -1.19. The highest BCUT2D eigenvalue weighted by Gasteiger charge is 2.36. The molecule has 1 aliphatic heterocycles. The Kier molecular flexibility index (Phi) is 4.41. The van der Waals surface area contributed by atoms with Crippen LogP contribution in [0.3, 0.4) is 0 Å². The maximum atomic E-state index is 12.5. The minimum absolute atomic E-state index is 0.226. The SMILES string of the molecule is CCC1(c2ccc(C(=O)C3CCCCC3)cc2)OCCO1.